The number of halogens is 9. The molecular weight excluding hydrogens is 557 g/mol. The van der Waals surface area contributed by atoms with Crippen LogP contribution in [0.1, 0.15) is 29.5 Å². The zero-order valence-corrected chi connectivity index (χ0v) is 20.7. The van der Waals surface area contributed by atoms with Gasteiger partial charge in [0.25, 0.3) is 0 Å². The molecule has 0 spiro atoms. The van der Waals surface area contributed by atoms with Crippen LogP contribution in [0, 0.1) is 11.6 Å². The highest BCUT2D eigenvalue weighted by molar-refractivity contribution is 5.78. The maximum absolute atomic E-state index is 14.8. The van der Waals surface area contributed by atoms with Crippen molar-refractivity contribution in [3.05, 3.63) is 95.1 Å². The van der Waals surface area contributed by atoms with Crippen LogP contribution in [0.15, 0.2) is 66.7 Å². The molecule has 0 saturated heterocycles. The number of methoxy groups -OCH3 is 1. The number of hydrogen-bond acceptors (Lipinski definition) is 3. The van der Waals surface area contributed by atoms with Crippen molar-refractivity contribution in [3.8, 4) is 11.5 Å². The van der Waals surface area contributed by atoms with E-state index in [9.17, 15) is 44.3 Å². The third kappa shape index (κ3) is 7.60. The lowest BCUT2D eigenvalue weighted by molar-refractivity contribution is -0.253. The number of carbonyl (C=O) groups excluding carboxylic acids is 1. The summed E-state index contributed by atoms with van der Waals surface area (Å²) in [6.07, 6.45) is -16.9. The van der Waals surface area contributed by atoms with Gasteiger partial charge in [-0.25, -0.2) is 8.78 Å². The van der Waals surface area contributed by atoms with Crippen LogP contribution in [0.4, 0.5) is 39.5 Å². The number of rotatable bonds is 11. The summed E-state index contributed by atoms with van der Waals surface area (Å²) in [4.78, 5) is 12.9. The van der Waals surface area contributed by atoms with Crippen molar-refractivity contribution < 1.29 is 53.8 Å². The molecule has 0 aromatic heterocycles. The largest absolute Gasteiger partial charge is 0.494 e. The molecule has 0 fully saturated rings. The summed E-state index contributed by atoms with van der Waals surface area (Å²) < 4.78 is 130. The standard InChI is InChI=1S/C27H22F9NO3/c1-39-22-13-17(7-8-21(22)29)25(15-16-5-3-2-4-6-16,37-23(38)9-10-26(32,33)34)18-11-19(28)14-20(12-18)40-27(35,36)24(30)31/h2-8,11-14,24H,9-10,15H2,1H3,(H,37,38)/t25-/m1/s1. The van der Waals surface area contributed by atoms with Crippen LogP contribution < -0.4 is 14.8 Å². The van der Waals surface area contributed by atoms with Gasteiger partial charge < -0.3 is 14.8 Å². The van der Waals surface area contributed by atoms with Gasteiger partial charge in [0, 0.05) is 18.9 Å². The SMILES string of the molecule is COc1cc([C@@](Cc2ccccc2)(NC(=O)CCC(F)(F)F)c2cc(F)cc(OC(F)(F)C(F)F)c2)ccc1F. The van der Waals surface area contributed by atoms with Crippen LogP contribution in [-0.4, -0.2) is 31.7 Å². The lowest BCUT2D eigenvalue weighted by atomic mass is 9.77. The molecule has 3 aromatic rings. The molecule has 13 heteroatoms. The number of carbonyl (C=O) groups is 1. The Hall–Kier alpha value is -3.90. The predicted molar refractivity (Wildman–Crippen MR) is 125 cm³/mol. The van der Waals surface area contributed by atoms with E-state index in [1.807, 2.05) is 0 Å². The Balaban J connectivity index is 2.28. The van der Waals surface area contributed by atoms with Crippen LogP contribution in [-0.2, 0) is 16.8 Å². The predicted octanol–water partition coefficient (Wildman–Crippen LogP) is 7.16. The summed E-state index contributed by atoms with van der Waals surface area (Å²) >= 11 is 0. The Morgan fingerprint density at radius 1 is 0.900 bits per heavy atom. The third-order valence-electron chi connectivity index (χ3n) is 5.82. The van der Waals surface area contributed by atoms with Gasteiger partial charge in [0.15, 0.2) is 11.6 Å². The van der Waals surface area contributed by atoms with Crippen molar-refractivity contribution in [2.45, 2.75) is 43.5 Å². The Bertz CT molecular complexity index is 1320. The smallest absolute Gasteiger partial charge is 0.461 e. The fourth-order valence-corrected chi connectivity index (χ4v) is 4.01. The first-order chi connectivity index (χ1) is 18.6. The quantitative estimate of drug-likeness (QED) is 0.246. The van der Waals surface area contributed by atoms with Gasteiger partial charge in [-0.15, -0.1) is 0 Å². The number of nitrogens with one attached hydrogen (secondary N) is 1. The first kappa shape index (κ1) is 30.6. The van der Waals surface area contributed by atoms with Crippen LogP contribution in [0.25, 0.3) is 0 Å². The average Bonchev–Trinajstić information content (AvgIpc) is 2.87. The summed E-state index contributed by atoms with van der Waals surface area (Å²) in [5, 5.41) is 2.42. The number of benzene rings is 3. The Morgan fingerprint density at radius 2 is 1.57 bits per heavy atom. The topological polar surface area (TPSA) is 47.6 Å². The highest BCUT2D eigenvalue weighted by Gasteiger charge is 2.45. The van der Waals surface area contributed by atoms with E-state index < -0.39 is 60.4 Å². The van der Waals surface area contributed by atoms with Crippen molar-refractivity contribution in [1.82, 2.24) is 5.32 Å². The lowest BCUT2D eigenvalue weighted by Gasteiger charge is -2.37. The zero-order valence-electron chi connectivity index (χ0n) is 20.7. The van der Waals surface area contributed by atoms with Crippen molar-refractivity contribution >= 4 is 5.91 Å². The van der Waals surface area contributed by atoms with Gasteiger partial charge in [-0.2, -0.15) is 30.7 Å². The van der Waals surface area contributed by atoms with Crippen molar-refractivity contribution in [2.75, 3.05) is 7.11 Å². The third-order valence-corrected chi connectivity index (χ3v) is 5.82. The van der Waals surface area contributed by atoms with Gasteiger partial charge in [-0.05, 0) is 41.0 Å². The van der Waals surface area contributed by atoms with E-state index in [0.29, 0.717) is 11.6 Å². The van der Waals surface area contributed by atoms with E-state index in [1.54, 1.807) is 30.3 Å². The lowest BCUT2D eigenvalue weighted by Crippen LogP contribution is -2.49. The van der Waals surface area contributed by atoms with Gasteiger partial charge in [-0.3, -0.25) is 4.79 Å². The Labute approximate surface area is 222 Å². The fourth-order valence-electron chi connectivity index (χ4n) is 4.01. The molecule has 1 atom stereocenters. The molecule has 3 aromatic carbocycles. The van der Waals surface area contributed by atoms with Gasteiger partial charge in [0.05, 0.1) is 19.1 Å². The Morgan fingerprint density at radius 3 is 2.17 bits per heavy atom. The maximum Gasteiger partial charge on any atom is 0.461 e. The molecule has 0 radical (unpaired) electrons. The minimum absolute atomic E-state index is 0.0490. The van der Waals surface area contributed by atoms with Gasteiger partial charge in [0.2, 0.25) is 5.91 Å². The molecule has 0 bridgehead atoms. The molecule has 0 heterocycles. The van der Waals surface area contributed by atoms with Crippen LogP contribution >= 0.6 is 0 Å². The second-order valence-corrected chi connectivity index (χ2v) is 8.72. The normalized spacial score (nSPS) is 13.6. The molecule has 1 N–H and O–H groups in total. The van der Waals surface area contributed by atoms with Crippen LogP contribution in [0.2, 0.25) is 0 Å². The van der Waals surface area contributed by atoms with E-state index in [1.165, 1.54) is 0 Å². The van der Waals surface area contributed by atoms with Gasteiger partial charge >= 0.3 is 18.7 Å². The molecular formula is C27H22F9NO3. The second kappa shape index (κ2) is 12.1. The highest BCUT2D eigenvalue weighted by atomic mass is 19.4. The number of amides is 1. The molecule has 0 aliphatic rings. The second-order valence-electron chi connectivity index (χ2n) is 8.72. The summed E-state index contributed by atoms with van der Waals surface area (Å²) in [5.41, 5.74) is -2.05. The first-order valence-corrected chi connectivity index (χ1v) is 11.6. The van der Waals surface area contributed by atoms with E-state index in [-0.39, 0.29) is 23.3 Å². The van der Waals surface area contributed by atoms with E-state index in [2.05, 4.69) is 10.1 Å². The molecule has 3 rings (SSSR count). The minimum atomic E-state index is -5.03. The number of ether oxygens (including phenoxy) is 2. The molecule has 4 nitrogen and oxygen atoms in total. The highest BCUT2D eigenvalue weighted by Crippen LogP contribution is 2.39. The maximum atomic E-state index is 14.8. The zero-order chi connectivity index (χ0) is 29.7. The van der Waals surface area contributed by atoms with Crippen LogP contribution in [0.3, 0.4) is 0 Å². The van der Waals surface area contributed by atoms with Crippen molar-refractivity contribution in [3.63, 3.8) is 0 Å². The van der Waals surface area contributed by atoms with E-state index >= 15 is 0 Å². The molecule has 40 heavy (non-hydrogen) atoms. The molecule has 0 aliphatic heterocycles. The molecule has 216 valence electrons. The summed E-state index contributed by atoms with van der Waals surface area (Å²) in [6.45, 7) is 0. The average molecular weight is 579 g/mol. The molecule has 0 aliphatic carbocycles. The number of alkyl halides is 7. The monoisotopic (exact) mass is 579 g/mol. The van der Waals surface area contributed by atoms with E-state index in [0.717, 1.165) is 37.4 Å². The summed E-state index contributed by atoms with van der Waals surface area (Å²) in [7, 11) is 1.11. The van der Waals surface area contributed by atoms with E-state index in [4.69, 9.17) is 4.74 Å². The first-order valence-electron chi connectivity index (χ1n) is 11.6. The van der Waals surface area contributed by atoms with Gasteiger partial charge in [0.1, 0.15) is 11.6 Å². The summed E-state index contributed by atoms with van der Waals surface area (Å²) in [6, 6.07) is 12.9. The van der Waals surface area contributed by atoms with Crippen LogP contribution in [0.5, 0.6) is 11.5 Å². The van der Waals surface area contributed by atoms with Crippen molar-refractivity contribution in [1.29, 1.82) is 0 Å². The fraction of sp³-hybridized carbons (Fsp3) is 0.296. The van der Waals surface area contributed by atoms with Crippen molar-refractivity contribution in [2.24, 2.45) is 0 Å². The van der Waals surface area contributed by atoms with Gasteiger partial charge in [-0.1, -0.05) is 36.4 Å². The number of hydrogen-bond donors (Lipinski definition) is 1. The Kier molecular flexibility index (Phi) is 9.26. The molecule has 0 unspecified atom stereocenters. The summed E-state index contributed by atoms with van der Waals surface area (Å²) in [5.74, 6) is -4.72. The molecule has 0 saturated carbocycles. The molecule has 1 amide bonds. The minimum Gasteiger partial charge on any atom is -0.494 e.